The summed E-state index contributed by atoms with van der Waals surface area (Å²) in [6.07, 6.45) is 1.98. The molecule has 2 aromatic rings. The maximum Gasteiger partial charge on any atom is 0.149 e. The average molecular weight is 294 g/mol. The Hall–Kier alpha value is -1.46. The summed E-state index contributed by atoms with van der Waals surface area (Å²) in [5.74, 6) is -1.04. The van der Waals surface area contributed by atoms with Crippen molar-refractivity contribution in [1.29, 1.82) is 0 Å². The third kappa shape index (κ3) is 2.69. The molecule has 2 N–H and O–H groups in total. The van der Waals surface area contributed by atoms with Crippen molar-refractivity contribution in [2.75, 3.05) is 4.90 Å². The second-order valence-corrected chi connectivity index (χ2v) is 6.08. The van der Waals surface area contributed by atoms with Gasteiger partial charge < -0.3 is 10.6 Å². The van der Waals surface area contributed by atoms with E-state index in [0.29, 0.717) is 12.1 Å². The first-order valence-electron chi connectivity index (χ1n) is 6.66. The van der Waals surface area contributed by atoms with E-state index in [1.54, 1.807) is 11.3 Å². The zero-order chi connectivity index (χ0) is 14.1. The molecular formula is C15H16F2N2S. The van der Waals surface area contributed by atoms with E-state index in [2.05, 4.69) is 0 Å². The number of nitrogens with two attached hydrogens (primary N) is 1. The molecule has 5 heteroatoms. The zero-order valence-electron chi connectivity index (χ0n) is 11.0. The highest BCUT2D eigenvalue weighted by Gasteiger charge is 2.32. The van der Waals surface area contributed by atoms with E-state index < -0.39 is 11.6 Å². The zero-order valence-corrected chi connectivity index (χ0v) is 11.8. The number of hydrogen-bond acceptors (Lipinski definition) is 3. The lowest BCUT2D eigenvalue weighted by Crippen LogP contribution is -2.27. The molecule has 1 aromatic heterocycles. The molecule has 106 valence electrons. The lowest BCUT2D eigenvalue weighted by Gasteiger charge is -2.25. The normalized spacial score (nSPS) is 14.6. The van der Waals surface area contributed by atoms with Crippen LogP contribution in [-0.2, 0) is 13.1 Å². The quantitative estimate of drug-likeness (QED) is 0.912. The van der Waals surface area contributed by atoms with Gasteiger partial charge in [-0.15, -0.1) is 11.3 Å². The maximum atomic E-state index is 14.2. The van der Waals surface area contributed by atoms with Crippen LogP contribution in [0.2, 0.25) is 0 Å². The van der Waals surface area contributed by atoms with Crippen molar-refractivity contribution < 1.29 is 8.78 Å². The van der Waals surface area contributed by atoms with Crippen LogP contribution in [0, 0.1) is 11.6 Å². The van der Waals surface area contributed by atoms with E-state index in [0.717, 1.165) is 17.7 Å². The molecule has 3 rings (SSSR count). The summed E-state index contributed by atoms with van der Waals surface area (Å²) in [5, 5.41) is 1.98. The molecule has 0 atom stereocenters. The van der Waals surface area contributed by atoms with Crippen molar-refractivity contribution in [2.24, 2.45) is 5.73 Å². The molecule has 2 nitrogen and oxygen atoms in total. The van der Waals surface area contributed by atoms with Crippen LogP contribution in [0.15, 0.2) is 29.6 Å². The number of nitrogens with zero attached hydrogens (tertiary/aromatic N) is 1. The Balaban J connectivity index is 1.95. The van der Waals surface area contributed by atoms with Gasteiger partial charge in [0.2, 0.25) is 0 Å². The first-order chi connectivity index (χ1) is 9.69. The first-order valence-corrected chi connectivity index (χ1v) is 7.54. The SMILES string of the molecule is NCc1cc(F)c(N(Cc2cccs2)C2CC2)c(F)c1. The fourth-order valence-corrected chi connectivity index (χ4v) is 3.06. The number of halogens is 2. The smallest absolute Gasteiger partial charge is 0.149 e. The summed E-state index contributed by atoms with van der Waals surface area (Å²) >= 11 is 1.60. The number of thiophene rings is 1. The number of anilines is 1. The maximum absolute atomic E-state index is 14.2. The van der Waals surface area contributed by atoms with E-state index in [-0.39, 0.29) is 18.3 Å². The van der Waals surface area contributed by atoms with Gasteiger partial charge >= 0.3 is 0 Å². The van der Waals surface area contributed by atoms with Crippen LogP contribution < -0.4 is 10.6 Å². The first kappa shape index (κ1) is 13.5. The van der Waals surface area contributed by atoms with Crippen LogP contribution in [0.25, 0.3) is 0 Å². The highest BCUT2D eigenvalue weighted by atomic mass is 32.1. The molecule has 0 radical (unpaired) electrons. The minimum absolute atomic E-state index is 0.0816. The van der Waals surface area contributed by atoms with Gasteiger partial charge in [0.15, 0.2) is 0 Å². The molecule has 1 heterocycles. The summed E-state index contributed by atoms with van der Waals surface area (Å²) in [6.45, 7) is 0.695. The predicted molar refractivity (Wildman–Crippen MR) is 77.8 cm³/mol. The highest BCUT2D eigenvalue weighted by Crippen LogP contribution is 2.37. The van der Waals surface area contributed by atoms with Gasteiger partial charge in [0.1, 0.15) is 17.3 Å². The molecule has 0 bridgehead atoms. The van der Waals surface area contributed by atoms with Crippen LogP contribution >= 0.6 is 11.3 Å². The van der Waals surface area contributed by atoms with Gasteiger partial charge in [-0.3, -0.25) is 0 Å². The summed E-state index contributed by atoms with van der Waals surface area (Å²) in [5.41, 5.74) is 6.01. The standard InChI is InChI=1S/C15H16F2N2S/c16-13-6-10(8-18)7-14(17)15(13)19(11-3-4-11)9-12-2-1-5-20-12/h1-2,5-7,11H,3-4,8-9,18H2. The fraction of sp³-hybridized carbons (Fsp3) is 0.333. The molecule has 0 unspecified atom stereocenters. The third-order valence-corrected chi connectivity index (χ3v) is 4.35. The molecule has 0 spiro atoms. The topological polar surface area (TPSA) is 29.3 Å². The van der Waals surface area contributed by atoms with Gasteiger partial charge in [-0.05, 0) is 42.0 Å². The number of benzene rings is 1. The number of hydrogen-bond donors (Lipinski definition) is 1. The Bertz CT molecular complexity index is 571. The van der Waals surface area contributed by atoms with Gasteiger partial charge in [-0.25, -0.2) is 8.78 Å². The minimum Gasteiger partial charge on any atom is -0.359 e. The summed E-state index contributed by atoms with van der Waals surface area (Å²) < 4.78 is 28.5. The fourth-order valence-electron chi connectivity index (χ4n) is 2.36. The minimum atomic E-state index is -0.520. The summed E-state index contributed by atoms with van der Waals surface area (Å²) in [6, 6.07) is 6.86. The Morgan fingerprint density at radius 3 is 2.45 bits per heavy atom. The molecule has 1 fully saturated rings. The van der Waals surface area contributed by atoms with E-state index >= 15 is 0 Å². The molecule has 0 saturated heterocycles. The van der Waals surface area contributed by atoms with E-state index in [4.69, 9.17) is 5.73 Å². The average Bonchev–Trinajstić information content (AvgIpc) is 3.14. The molecule has 1 aromatic carbocycles. The lowest BCUT2D eigenvalue weighted by molar-refractivity contribution is 0.565. The lowest BCUT2D eigenvalue weighted by atomic mass is 10.1. The van der Waals surface area contributed by atoms with Gasteiger partial charge in [0.25, 0.3) is 0 Å². The molecule has 1 saturated carbocycles. The van der Waals surface area contributed by atoms with Crippen LogP contribution in [-0.4, -0.2) is 6.04 Å². The molecule has 0 aliphatic heterocycles. The predicted octanol–water partition coefficient (Wildman–Crippen LogP) is 3.65. The van der Waals surface area contributed by atoms with Crippen molar-refractivity contribution in [1.82, 2.24) is 0 Å². The van der Waals surface area contributed by atoms with Crippen molar-refractivity contribution in [3.05, 3.63) is 51.7 Å². The Kier molecular flexibility index (Phi) is 3.72. The second-order valence-electron chi connectivity index (χ2n) is 5.05. The van der Waals surface area contributed by atoms with Gasteiger partial charge in [0, 0.05) is 17.5 Å². The second kappa shape index (κ2) is 5.50. The molecule has 20 heavy (non-hydrogen) atoms. The summed E-state index contributed by atoms with van der Waals surface area (Å²) in [4.78, 5) is 2.95. The Morgan fingerprint density at radius 1 is 1.25 bits per heavy atom. The van der Waals surface area contributed by atoms with Gasteiger partial charge in [0.05, 0.1) is 6.54 Å². The van der Waals surface area contributed by atoms with Crippen molar-refractivity contribution in [3.8, 4) is 0 Å². The Labute approximate surface area is 120 Å². The van der Waals surface area contributed by atoms with E-state index in [9.17, 15) is 8.78 Å². The van der Waals surface area contributed by atoms with E-state index in [1.165, 1.54) is 12.1 Å². The van der Waals surface area contributed by atoms with Crippen molar-refractivity contribution in [2.45, 2.75) is 32.0 Å². The van der Waals surface area contributed by atoms with Gasteiger partial charge in [-0.2, -0.15) is 0 Å². The largest absolute Gasteiger partial charge is 0.359 e. The van der Waals surface area contributed by atoms with Crippen LogP contribution in [0.5, 0.6) is 0 Å². The van der Waals surface area contributed by atoms with Crippen LogP contribution in [0.4, 0.5) is 14.5 Å². The Morgan fingerprint density at radius 2 is 1.95 bits per heavy atom. The molecule has 0 amide bonds. The van der Waals surface area contributed by atoms with Crippen molar-refractivity contribution >= 4 is 17.0 Å². The monoisotopic (exact) mass is 294 g/mol. The van der Waals surface area contributed by atoms with Gasteiger partial charge in [-0.1, -0.05) is 6.07 Å². The van der Waals surface area contributed by atoms with E-state index in [1.807, 2.05) is 22.4 Å². The summed E-state index contributed by atoms with van der Waals surface area (Å²) in [7, 11) is 0. The molecule has 1 aliphatic rings. The van der Waals surface area contributed by atoms with Crippen LogP contribution in [0.3, 0.4) is 0 Å². The number of rotatable bonds is 5. The molecule has 1 aliphatic carbocycles. The van der Waals surface area contributed by atoms with Crippen molar-refractivity contribution in [3.63, 3.8) is 0 Å². The van der Waals surface area contributed by atoms with Crippen LogP contribution in [0.1, 0.15) is 23.3 Å². The highest BCUT2D eigenvalue weighted by molar-refractivity contribution is 7.09. The third-order valence-electron chi connectivity index (χ3n) is 3.49. The molecular weight excluding hydrogens is 278 g/mol.